The lowest BCUT2D eigenvalue weighted by Crippen LogP contribution is -2.01. The van der Waals surface area contributed by atoms with Gasteiger partial charge in [-0.05, 0) is 48.1 Å². The standard InChI is InChI=1S/C21H15N3O4/c1-13-5-2-10-18-19(13)23-21(28-18)14-6-3-8-16(11-14)22-12-15-7-4-9-17(20(15)25)24(26)27/h2-12,25H,1H3/p-1. The van der Waals surface area contributed by atoms with E-state index in [1.807, 2.05) is 31.2 Å². The molecule has 0 atom stereocenters. The molecule has 0 fully saturated rings. The van der Waals surface area contributed by atoms with Crippen molar-refractivity contribution in [3.8, 4) is 17.2 Å². The van der Waals surface area contributed by atoms with E-state index in [0.29, 0.717) is 17.2 Å². The van der Waals surface area contributed by atoms with Gasteiger partial charge in [0.15, 0.2) is 5.58 Å². The summed E-state index contributed by atoms with van der Waals surface area (Å²) in [6, 6.07) is 17.1. The van der Waals surface area contributed by atoms with Crippen molar-refractivity contribution in [1.82, 2.24) is 4.98 Å². The summed E-state index contributed by atoms with van der Waals surface area (Å²) in [5, 5.41) is 23.0. The number of aliphatic imine (C=N–C) groups is 1. The molecule has 0 aliphatic heterocycles. The van der Waals surface area contributed by atoms with Crippen LogP contribution in [0, 0.1) is 17.0 Å². The predicted octanol–water partition coefficient (Wildman–Crippen LogP) is 4.54. The van der Waals surface area contributed by atoms with E-state index in [9.17, 15) is 15.2 Å². The van der Waals surface area contributed by atoms with E-state index >= 15 is 0 Å². The highest BCUT2D eigenvalue weighted by molar-refractivity contribution is 5.87. The molecule has 0 unspecified atom stereocenters. The summed E-state index contributed by atoms with van der Waals surface area (Å²) in [6.07, 6.45) is 1.32. The van der Waals surface area contributed by atoms with Gasteiger partial charge in [-0.3, -0.25) is 15.1 Å². The quantitative estimate of drug-likeness (QED) is 0.297. The van der Waals surface area contributed by atoms with Crippen molar-refractivity contribution in [2.24, 2.45) is 4.99 Å². The van der Waals surface area contributed by atoms with Crippen LogP contribution in [0.25, 0.3) is 22.6 Å². The summed E-state index contributed by atoms with van der Waals surface area (Å²) in [5.74, 6) is -0.192. The molecule has 0 saturated carbocycles. The van der Waals surface area contributed by atoms with Crippen LogP contribution in [0.4, 0.5) is 11.4 Å². The molecule has 0 spiro atoms. The number of nitro groups is 1. The third-order valence-electron chi connectivity index (χ3n) is 4.29. The van der Waals surface area contributed by atoms with Crippen LogP contribution in [0.1, 0.15) is 11.1 Å². The second-order valence-electron chi connectivity index (χ2n) is 6.20. The average Bonchev–Trinajstić information content (AvgIpc) is 3.13. The van der Waals surface area contributed by atoms with Crippen molar-refractivity contribution in [2.75, 3.05) is 0 Å². The van der Waals surface area contributed by atoms with E-state index in [1.54, 1.807) is 18.2 Å². The molecule has 138 valence electrons. The summed E-state index contributed by atoms with van der Waals surface area (Å²) >= 11 is 0. The molecule has 7 heteroatoms. The first-order valence-electron chi connectivity index (χ1n) is 8.48. The number of hydrogen-bond donors (Lipinski definition) is 0. The Morgan fingerprint density at radius 3 is 2.68 bits per heavy atom. The van der Waals surface area contributed by atoms with E-state index in [0.717, 1.165) is 16.6 Å². The van der Waals surface area contributed by atoms with Crippen molar-refractivity contribution in [2.45, 2.75) is 6.92 Å². The summed E-state index contributed by atoms with van der Waals surface area (Å²) in [4.78, 5) is 19.0. The van der Waals surface area contributed by atoms with E-state index in [-0.39, 0.29) is 5.56 Å². The first-order chi connectivity index (χ1) is 13.5. The third-order valence-corrected chi connectivity index (χ3v) is 4.29. The lowest BCUT2D eigenvalue weighted by molar-refractivity contribution is -0.398. The molecule has 0 amide bonds. The normalized spacial score (nSPS) is 11.3. The molecular formula is C21H14N3O4-. The first-order valence-corrected chi connectivity index (χ1v) is 8.48. The topological polar surface area (TPSA) is 105 Å². The Bertz CT molecular complexity index is 1230. The Balaban J connectivity index is 1.67. The van der Waals surface area contributed by atoms with Gasteiger partial charge in [0.25, 0.3) is 5.69 Å². The van der Waals surface area contributed by atoms with Gasteiger partial charge < -0.3 is 9.52 Å². The van der Waals surface area contributed by atoms with Gasteiger partial charge in [-0.1, -0.05) is 30.3 Å². The molecule has 1 aromatic heterocycles. The minimum Gasteiger partial charge on any atom is -0.867 e. The number of rotatable bonds is 4. The van der Waals surface area contributed by atoms with Gasteiger partial charge in [-0.2, -0.15) is 0 Å². The van der Waals surface area contributed by atoms with Gasteiger partial charge in [0, 0.05) is 17.8 Å². The fourth-order valence-corrected chi connectivity index (χ4v) is 2.86. The second kappa shape index (κ2) is 6.96. The molecule has 0 bridgehead atoms. The largest absolute Gasteiger partial charge is 0.867 e. The highest BCUT2D eigenvalue weighted by Crippen LogP contribution is 2.29. The number of fused-ring (bicyclic) bond motifs is 1. The number of hydrogen-bond acceptors (Lipinski definition) is 6. The van der Waals surface area contributed by atoms with Gasteiger partial charge >= 0.3 is 0 Å². The number of nitrogens with zero attached hydrogens (tertiary/aromatic N) is 3. The summed E-state index contributed by atoms with van der Waals surface area (Å²) in [6.45, 7) is 1.97. The average molecular weight is 372 g/mol. The molecule has 0 saturated heterocycles. The summed E-state index contributed by atoms with van der Waals surface area (Å²) in [5.41, 5.74) is 3.52. The molecule has 7 nitrogen and oxygen atoms in total. The van der Waals surface area contributed by atoms with Gasteiger partial charge in [-0.25, -0.2) is 4.98 Å². The van der Waals surface area contributed by atoms with Gasteiger partial charge in [-0.15, -0.1) is 0 Å². The molecule has 0 N–H and O–H groups in total. The first kappa shape index (κ1) is 17.4. The molecule has 0 aliphatic carbocycles. The van der Waals surface area contributed by atoms with E-state index in [1.165, 1.54) is 24.4 Å². The number of aryl methyl sites for hydroxylation is 1. The van der Waals surface area contributed by atoms with Crippen molar-refractivity contribution >= 4 is 28.7 Å². The number of benzene rings is 3. The third kappa shape index (κ3) is 3.21. The van der Waals surface area contributed by atoms with Crippen LogP contribution < -0.4 is 5.11 Å². The zero-order valence-electron chi connectivity index (χ0n) is 14.8. The highest BCUT2D eigenvalue weighted by atomic mass is 16.6. The van der Waals surface area contributed by atoms with Crippen LogP contribution in [0.5, 0.6) is 5.75 Å². The maximum atomic E-state index is 12.1. The predicted molar refractivity (Wildman–Crippen MR) is 104 cm³/mol. The number of oxazole rings is 1. The van der Waals surface area contributed by atoms with Crippen LogP contribution in [0.2, 0.25) is 0 Å². The smallest absolute Gasteiger partial charge is 0.262 e. The Morgan fingerprint density at radius 2 is 1.89 bits per heavy atom. The van der Waals surface area contributed by atoms with Gasteiger partial charge in [0.05, 0.1) is 10.6 Å². The van der Waals surface area contributed by atoms with Crippen LogP contribution >= 0.6 is 0 Å². The molecule has 1 heterocycles. The van der Waals surface area contributed by atoms with Crippen LogP contribution in [0.15, 0.2) is 70.1 Å². The lowest BCUT2D eigenvalue weighted by Gasteiger charge is -2.09. The SMILES string of the molecule is Cc1cccc2oc(-c3cccc(N=Cc4cccc([N+](=O)[O-])c4[O-])c3)nc12. The fourth-order valence-electron chi connectivity index (χ4n) is 2.86. The van der Waals surface area contributed by atoms with Crippen LogP contribution in [-0.2, 0) is 0 Å². The van der Waals surface area contributed by atoms with Crippen molar-refractivity contribution in [3.63, 3.8) is 0 Å². The summed E-state index contributed by atoms with van der Waals surface area (Å²) < 4.78 is 5.83. The monoisotopic (exact) mass is 372 g/mol. The Labute approximate surface area is 159 Å². The molecule has 0 aliphatic rings. The zero-order valence-corrected chi connectivity index (χ0v) is 14.8. The second-order valence-corrected chi connectivity index (χ2v) is 6.20. The van der Waals surface area contributed by atoms with E-state index in [4.69, 9.17) is 4.42 Å². The van der Waals surface area contributed by atoms with Crippen LogP contribution in [0.3, 0.4) is 0 Å². The Morgan fingerprint density at radius 1 is 1.11 bits per heavy atom. The molecule has 0 radical (unpaired) electrons. The number of para-hydroxylation sites is 2. The van der Waals surface area contributed by atoms with Crippen LogP contribution in [-0.4, -0.2) is 16.1 Å². The Kier molecular flexibility index (Phi) is 4.33. The molecule has 4 rings (SSSR count). The number of aromatic nitrogens is 1. The fraction of sp³-hybridized carbons (Fsp3) is 0.0476. The van der Waals surface area contributed by atoms with E-state index < -0.39 is 16.4 Å². The maximum absolute atomic E-state index is 12.1. The van der Waals surface area contributed by atoms with Crippen molar-refractivity contribution in [1.29, 1.82) is 0 Å². The molecule has 4 aromatic rings. The molecule has 3 aromatic carbocycles. The van der Waals surface area contributed by atoms with Gasteiger partial charge in [0.1, 0.15) is 5.52 Å². The zero-order chi connectivity index (χ0) is 19.7. The lowest BCUT2D eigenvalue weighted by atomic mass is 10.2. The Hall–Kier alpha value is -4.00. The maximum Gasteiger partial charge on any atom is 0.262 e. The number of nitro benzene ring substituents is 1. The molecular weight excluding hydrogens is 358 g/mol. The highest BCUT2D eigenvalue weighted by Gasteiger charge is 2.10. The van der Waals surface area contributed by atoms with Crippen molar-refractivity contribution < 1.29 is 14.4 Å². The molecule has 28 heavy (non-hydrogen) atoms. The van der Waals surface area contributed by atoms with E-state index in [2.05, 4.69) is 9.98 Å². The van der Waals surface area contributed by atoms with Gasteiger partial charge in [0.2, 0.25) is 5.89 Å². The minimum atomic E-state index is -0.699. The van der Waals surface area contributed by atoms with Crippen molar-refractivity contribution in [3.05, 3.63) is 81.9 Å². The minimum absolute atomic E-state index is 0.150. The summed E-state index contributed by atoms with van der Waals surface area (Å²) in [7, 11) is 0.